The van der Waals surface area contributed by atoms with Gasteiger partial charge in [-0.3, -0.25) is 14.7 Å². The molecular weight excluding hydrogens is 194 g/mol. The molecule has 5 heteroatoms. The monoisotopic (exact) mass is 205 g/mol. The van der Waals surface area contributed by atoms with Gasteiger partial charge in [-0.15, -0.1) is 0 Å². The van der Waals surface area contributed by atoms with Crippen molar-refractivity contribution in [2.45, 2.75) is 13.5 Å². The third-order valence-corrected chi connectivity index (χ3v) is 2.32. The van der Waals surface area contributed by atoms with Crippen LogP contribution in [0.3, 0.4) is 0 Å². The Bertz CT molecular complexity index is 625. The van der Waals surface area contributed by atoms with Gasteiger partial charge in [0.1, 0.15) is 0 Å². The Morgan fingerprint density at radius 1 is 1.33 bits per heavy atom. The molecule has 0 amide bonds. The number of aryl methyl sites for hydroxylation is 1. The fourth-order valence-corrected chi connectivity index (χ4v) is 1.54. The van der Waals surface area contributed by atoms with Crippen LogP contribution >= 0.6 is 0 Å². The number of aromatic nitrogens is 2. The van der Waals surface area contributed by atoms with Crippen LogP contribution in [0, 0.1) is 0 Å². The van der Waals surface area contributed by atoms with Gasteiger partial charge in [-0.2, -0.15) is 0 Å². The first-order valence-corrected chi connectivity index (χ1v) is 4.66. The highest BCUT2D eigenvalue weighted by Crippen LogP contribution is 2.09. The van der Waals surface area contributed by atoms with Crippen molar-refractivity contribution in [3.05, 3.63) is 38.9 Å². The average molecular weight is 205 g/mol. The number of benzene rings is 1. The molecule has 0 bridgehead atoms. The van der Waals surface area contributed by atoms with Gasteiger partial charge >= 0.3 is 0 Å². The van der Waals surface area contributed by atoms with Gasteiger partial charge in [0.05, 0.1) is 10.8 Å². The number of hydrogen-bond acceptors (Lipinski definition) is 3. The first-order chi connectivity index (χ1) is 7.13. The van der Waals surface area contributed by atoms with Gasteiger partial charge in [-0.05, 0) is 25.1 Å². The maximum Gasteiger partial charge on any atom is 0.273 e. The minimum atomic E-state index is -0.293. The molecule has 0 radical (unpaired) electrons. The molecule has 1 aromatic carbocycles. The van der Waals surface area contributed by atoms with Gasteiger partial charge < -0.3 is 5.73 Å². The highest BCUT2D eigenvalue weighted by atomic mass is 16.2. The van der Waals surface area contributed by atoms with Crippen LogP contribution in [-0.2, 0) is 6.54 Å². The summed E-state index contributed by atoms with van der Waals surface area (Å²) in [6.07, 6.45) is 0. The van der Waals surface area contributed by atoms with Gasteiger partial charge in [-0.25, -0.2) is 4.68 Å². The first-order valence-electron chi connectivity index (χ1n) is 4.66. The van der Waals surface area contributed by atoms with Gasteiger partial charge in [0.25, 0.3) is 11.1 Å². The maximum atomic E-state index is 11.8. The van der Waals surface area contributed by atoms with Crippen molar-refractivity contribution in [3.8, 4) is 0 Å². The highest BCUT2D eigenvalue weighted by molar-refractivity contribution is 5.83. The Morgan fingerprint density at radius 2 is 2.07 bits per heavy atom. The van der Waals surface area contributed by atoms with E-state index >= 15 is 0 Å². The van der Waals surface area contributed by atoms with Crippen LogP contribution in [0.25, 0.3) is 10.8 Å². The van der Waals surface area contributed by atoms with Gasteiger partial charge in [0, 0.05) is 12.2 Å². The molecule has 2 aromatic rings. The number of nitrogens with two attached hydrogens (primary N) is 1. The highest BCUT2D eigenvalue weighted by Gasteiger charge is 2.05. The zero-order chi connectivity index (χ0) is 11.0. The Balaban J connectivity index is 3.00. The number of anilines is 1. The van der Waals surface area contributed by atoms with E-state index in [0.717, 1.165) is 0 Å². The van der Waals surface area contributed by atoms with Crippen LogP contribution in [0.1, 0.15) is 6.92 Å². The number of nitrogens with zero attached hydrogens (tertiary/aromatic N) is 1. The Morgan fingerprint density at radius 3 is 2.73 bits per heavy atom. The summed E-state index contributed by atoms with van der Waals surface area (Å²) < 4.78 is 1.28. The van der Waals surface area contributed by atoms with E-state index < -0.39 is 0 Å². The van der Waals surface area contributed by atoms with E-state index in [9.17, 15) is 9.59 Å². The Hall–Kier alpha value is -2.04. The molecule has 15 heavy (non-hydrogen) atoms. The van der Waals surface area contributed by atoms with Crippen molar-refractivity contribution in [1.29, 1.82) is 0 Å². The fraction of sp³-hybridized carbons (Fsp3) is 0.200. The van der Waals surface area contributed by atoms with Crippen LogP contribution < -0.4 is 16.9 Å². The Labute approximate surface area is 85.1 Å². The van der Waals surface area contributed by atoms with Crippen LogP contribution in [-0.4, -0.2) is 9.78 Å². The topological polar surface area (TPSA) is 80.9 Å². The number of H-pyrrole nitrogens is 1. The standard InChI is InChI=1S/C10H11N3O2/c1-2-13-10(15)7-4-3-6(11)5-8(7)9(14)12-13/h3-5H,2,11H2,1H3,(H,12,14). The fourth-order valence-electron chi connectivity index (χ4n) is 1.54. The quantitative estimate of drug-likeness (QED) is 0.656. The second kappa shape index (κ2) is 3.27. The molecule has 3 N–H and O–H groups in total. The number of nitrogen functional groups attached to an aromatic ring is 1. The van der Waals surface area contributed by atoms with Crippen LogP contribution in [0.15, 0.2) is 27.8 Å². The molecule has 0 spiro atoms. The van der Waals surface area contributed by atoms with Crippen molar-refractivity contribution < 1.29 is 0 Å². The molecule has 78 valence electrons. The number of hydrogen-bond donors (Lipinski definition) is 2. The zero-order valence-electron chi connectivity index (χ0n) is 8.28. The van der Waals surface area contributed by atoms with E-state index in [2.05, 4.69) is 5.10 Å². The van der Waals surface area contributed by atoms with Crippen LogP contribution in [0.5, 0.6) is 0 Å². The molecule has 0 aliphatic carbocycles. The summed E-state index contributed by atoms with van der Waals surface area (Å²) in [7, 11) is 0. The zero-order valence-corrected chi connectivity index (χ0v) is 8.28. The summed E-state index contributed by atoms with van der Waals surface area (Å²) in [5.74, 6) is 0. The summed E-state index contributed by atoms with van der Waals surface area (Å²) in [5.41, 5.74) is 5.53. The van der Waals surface area contributed by atoms with E-state index in [1.165, 1.54) is 10.7 Å². The Kier molecular flexibility index (Phi) is 2.07. The summed E-state index contributed by atoms with van der Waals surface area (Å²) in [6.45, 7) is 2.23. The molecule has 0 saturated heterocycles. The van der Waals surface area contributed by atoms with E-state index in [1.54, 1.807) is 19.1 Å². The smallest absolute Gasteiger partial charge is 0.273 e. The van der Waals surface area contributed by atoms with Crippen LogP contribution in [0.2, 0.25) is 0 Å². The molecule has 0 saturated carbocycles. The number of aromatic amines is 1. The van der Waals surface area contributed by atoms with E-state index in [1.807, 2.05) is 0 Å². The second-order valence-corrected chi connectivity index (χ2v) is 3.30. The molecular formula is C10H11N3O2. The summed E-state index contributed by atoms with van der Waals surface area (Å²) >= 11 is 0. The lowest BCUT2D eigenvalue weighted by atomic mass is 10.2. The maximum absolute atomic E-state index is 11.8. The predicted octanol–water partition coefficient (Wildman–Crippen LogP) is 0.292. The van der Waals surface area contributed by atoms with Gasteiger partial charge in [0.2, 0.25) is 0 Å². The van der Waals surface area contributed by atoms with Crippen molar-refractivity contribution >= 4 is 16.5 Å². The van der Waals surface area contributed by atoms with Crippen molar-refractivity contribution in [2.24, 2.45) is 0 Å². The lowest BCUT2D eigenvalue weighted by Crippen LogP contribution is -2.29. The summed E-state index contributed by atoms with van der Waals surface area (Å²) in [5, 5.41) is 3.22. The third kappa shape index (κ3) is 1.41. The van der Waals surface area contributed by atoms with E-state index in [4.69, 9.17) is 5.73 Å². The minimum absolute atomic E-state index is 0.202. The number of fused-ring (bicyclic) bond motifs is 1. The molecule has 0 aliphatic heterocycles. The first kappa shape index (κ1) is 9.51. The average Bonchev–Trinajstić information content (AvgIpc) is 2.23. The predicted molar refractivity (Wildman–Crippen MR) is 58.9 cm³/mol. The van der Waals surface area contributed by atoms with Crippen molar-refractivity contribution in [3.63, 3.8) is 0 Å². The number of nitrogens with one attached hydrogen (secondary N) is 1. The minimum Gasteiger partial charge on any atom is -0.399 e. The summed E-state index contributed by atoms with van der Waals surface area (Å²) in [4.78, 5) is 23.4. The molecule has 0 atom stereocenters. The molecule has 0 aliphatic rings. The largest absolute Gasteiger partial charge is 0.399 e. The molecule has 1 aromatic heterocycles. The van der Waals surface area contributed by atoms with Crippen molar-refractivity contribution in [1.82, 2.24) is 9.78 Å². The lowest BCUT2D eigenvalue weighted by molar-refractivity contribution is 0.614. The third-order valence-electron chi connectivity index (χ3n) is 2.32. The van der Waals surface area contributed by atoms with Gasteiger partial charge in [0.15, 0.2) is 0 Å². The molecule has 0 unspecified atom stereocenters. The summed E-state index contributed by atoms with van der Waals surface area (Å²) in [6, 6.07) is 4.70. The van der Waals surface area contributed by atoms with Gasteiger partial charge in [-0.1, -0.05) is 0 Å². The number of rotatable bonds is 1. The molecule has 5 nitrogen and oxygen atoms in total. The lowest BCUT2D eigenvalue weighted by Gasteiger charge is -2.03. The molecule has 2 rings (SSSR count). The second-order valence-electron chi connectivity index (χ2n) is 3.30. The van der Waals surface area contributed by atoms with Crippen LogP contribution in [0.4, 0.5) is 5.69 Å². The molecule has 1 heterocycles. The van der Waals surface area contributed by atoms with Crippen molar-refractivity contribution in [2.75, 3.05) is 5.73 Å². The van der Waals surface area contributed by atoms with E-state index in [-0.39, 0.29) is 11.1 Å². The molecule has 0 fully saturated rings. The van der Waals surface area contributed by atoms with E-state index in [0.29, 0.717) is 23.0 Å². The SMILES string of the molecule is CCn1[nH]c(=O)c2cc(N)ccc2c1=O. The normalized spacial score (nSPS) is 10.7.